The summed E-state index contributed by atoms with van der Waals surface area (Å²) in [6.07, 6.45) is 80.0. The molecule has 0 aromatic rings. The van der Waals surface area contributed by atoms with Crippen molar-refractivity contribution in [2.24, 2.45) is 0 Å². The van der Waals surface area contributed by atoms with E-state index in [1.165, 1.54) is 199 Å². The molecule has 0 saturated carbocycles. The molecule has 2 unspecified atom stereocenters. The van der Waals surface area contributed by atoms with Crippen LogP contribution in [0.4, 0.5) is 0 Å². The third-order valence-electron chi connectivity index (χ3n) is 14.5. The van der Waals surface area contributed by atoms with Gasteiger partial charge >= 0.3 is 19.8 Å². The van der Waals surface area contributed by atoms with Crippen LogP contribution in [0.15, 0.2) is 72.9 Å². The average Bonchev–Trinajstić information content (AvgIpc) is 3.41. The summed E-state index contributed by atoms with van der Waals surface area (Å²) in [5.41, 5.74) is 0. The van der Waals surface area contributed by atoms with Crippen LogP contribution >= 0.6 is 7.82 Å². The van der Waals surface area contributed by atoms with Gasteiger partial charge in [-0.25, -0.2) is 4.57 Å². The average molecular weight is 1130 g/mol. The smallest absolute Gasteiger partial charge is 0.462 e. The van der Waals surface area contributed by atoms with Crippen LogP contribution in [0.5, 0.6) is 0 Å². The fourth-order valence-corrected chi connectivity index (χ4v) is 10.2. The van der Waals surface area contributed by atoms with Crippen molar-refractivity contribution in [3.05, 3.63) is 72.9 Å². The van der Waals surface area contributed by atoms with E-state index in [9.17, 15) is 19.0 Å². The second kappa shape index (κ2) is 60.1. The molecule has 2 atom stereocenters. The zero-order valence-corrected chi connectivity index (χ0v) is 53.2. The Bertz CT molecular complexity index is 1560. The van der Waals surface area contributed by atoms with Crippen molar-refractivity contribution in [2.75, 3.05) is 47.5 Å². The van der Waals surface area contributed by atoms with Gasteiger partial charge in [-0.2, -0.15) is 0 Å². The number of rotatable bonds is 61. The molecule has 79 heavy (non-hydrogen) atoms. The first-order valence-electron chi connectivity index (χ1n) is 33.2. The summed E-state index contributed by atoms with van der Waals surface area (Å²) >= 11 is 0. The van der Waals surface area contributed by atoms with Crippen LogP contribution in [0.1, 0.15) is 303 Å². The molecule has 0 aromatic carbocycles. The predicted octanol–water partition coefficient (Wildman–Crippen LogP) is 21.2. The van der Waals surface area contributed by atoms with E-state index in [4.69, 9.17) is 18.5 Å². The highest BCUT2D eigenvalue weighted by molar-refractivity contribution is 7.47. The Labute approximate surface area is 489 Å². The van der Waals surface area contributed by atoms with Gasteiger partial charge in [0.25, 0.3) is 0 Å². The molecule has 0 heterocycles. The first-order chi connectivity index (χ1) is 38.5. The molecule has 0 spiro atoms. The van der Waals surface area contributed by atoms with Gasteiger partial charge in [-0.3, -0.25) is 18.6 Å². The first kappa shape index (κ1) is 76.5. The maximum absolute atomic E-state index is 12.9. The fourth-order valence-electron chi connectivity index (χ4n) is 9.43. The standard InChI is InChI=1S/C69H126NO8P/c1-6-8-10-12-14-16-18-20-22-24-26-27-28-29-30-31-32-33-34-35-36-37-38-39-40-41-42-43-44-46-48-50-52-54-56-58-60-62-69(72)78-67(66-77-79(73,74)76-64-63-70(3,4)5)65-75-68(71)61-59-57-55-53-51-49-47-45-25-23-21-19-17-15-13-11-9-7-2/h8,10,14,16,20,22,26-27,29-30,32-33,67H,6-7,9,11-13,15,17-19,21,23-25,28,31,34-66H2,1-5H3/p+1/b10-8-,16-14-,22-20-,27-26-,30-29-,33-32-. The topological polar surface area (TPSA) is 108 Å². The van der Waals surface area contributed by atoms with E-state index in [1.807, 2.05) is 21.1 Å². The van der Waals surface area contributed by atoms with Crippen LogP contribution in [0.25, 0.3) is 0 Å². The Morgan fingerprint density at radius 3 is 1.08 bits per heavy atom. The van der Waals surface area contributed by atoms with Gasteiger partial charge in [-0.15, -0.1) is 0 Å². The summed E-state index contributed by atoms with van der Waals surface area (Å²) in [5.74, 6) is -0.782. The van der Waals surface area contributed by atoms with Crippen LogP contribution in [-0.2, 0) is 32.7 Å². The molecular weight excluding hydrogens is 1000 g/mol. The number of hydrogen-bond donors (Lipinski definition) is 1. The number of esters is 2. The SMILES string of the molecule is CC/C=C\C/C=C\C/C=C\C/C=C\C/C=C\C/C=C\CCCCCCCCCCCCCCCCCCCCC(=O)OC(COC(=O)CCCCCCCCCCCCCCCCCCCC)COP(=O)(O)OCC[N+](C)(C)C. The van der Waals surface area contributed by atoms with Gasteiger partial charge < -0.3 is 18.9 Å². The number of carbonyl (C=O) groups excluding carboxylic acids is 2. The molecule has 0 saturated heterocycles. The summed E-state index contributed by atoms with van der Waals surface area (Å²) in [5, 5.41) is 0. The predicted molar refractivity (Wildman–Crippen MR) is 339 cm³/mol. The quantitative estimate of drug-likeness (QED) is 0.0211. The Morgan fingerprint density at radius 2 is 0.722 bits per heavy atom. The number of nitrogens with zero attached hydrogens (tertiary/aromatic N) is 1. The maximum Gasteiger partial charge on any atom is 0.472 e. The molecule has 460 valence electrons. The molecule has 0 aliphatic heterocycles. The van der Waals surface area contributed by atoms with Crippen molar-refractivity contribution < 1.29 is 42.1 Å². The zero-order valence-electron chi connectivity index (χ0n) is 52.4. The van der Waals surface area contributed by atoms with Crippen molar-refractivity contribution in [3.63, 3.8) is 0 Å². The molecule has 0 radical (unpaired) electrons. The lowest BCUT2D eigenvalue weighted by atomic mass is 10.0. The number of phosphoric ester groups is 1. The third kappa shape index (κ3) is 64.5. The lowest BCUT2D eigenvalue weighted by Crippen LogP contribution is -2.37. The highest BCUT2D eigenvalue weighted by Crippen LogP contribution is 2.43. The zero-order chi connectivity index (χ0) is 57.7. The van der Waals surface area contributed by atoms with E-state index >= 15 is 0 Å². The van der Waals surface area contributed by atoms with E-state index < -0.39 is 26.5 Å². The summed E-state index contributed by atoms with van der Waals surface area (Å²) in [6.45, 7) is 4.36. The molecule has 0 bridgehead atoms. The maximum atomic E-state index is 12.9. The van der Waals surface area contributed by atoms with Crippen LogP contribution in [0, 0.1) is 0 Å². The van der Waals surface area contributed by atoms with E-state index in [-0.39, 0.29) is 25.6 Å². The number of likely N-dealkylation sites (N-methyl/N-ethyl adjacent to an activating group) is 1. The molecule has 0 aromatic heterocycles. The van der Waals surface area contributed by atoms with E-state index in [1.54, 1.807) is 0 Å². The highest BCUT2D eigenvalue weighted by atomic mass is 31.2. The Balaban J connectivity index is 3.99. The van der Waals surface area contributed by atoms with Crippen molar-refractivity contribution in [1.82, 2.24) is 0 Å². The Hall–Kier alpha value is -2.55. The van der Waals surface area contributed by atoms with E-state index in [0.29, 0.717) is 23.9 Å². The lowest BCUT2D eigenvalue weighted by molar-refractivity contribution is -0.870. The Kier molecular flexibility index (Phi) is 58.1. The van der Waals surface area contributed by atoms with Crippen LogP contribution in [0.3, 0.4) is 0 Å². The summed E-state index contributed by atoms with van der Waals surface area (Å²) < 4.78 is 34.7. The van der Waals surface area contributed by atoms with Crippen LogP contribution in [-0.4, -0.2) is 74.9 Å². The van der Waals surface area contributed by atoms with Crippen molar-refractivity contribution >= 4 is 19.8 Å². The minimum Gasteiger partial charge on any atom is -0.462 e. The monoisotopic (exact) mass is 1130 g/mol. The largest absolute Gasteiger partial charge is 0.472 e. The molecule has 0 rings (SSSR count). The molecule has 10 heteroatoms. The molecule has 0 aliphatic rings. The summed E-state index contributed by atoms with van der Waals surface area (Å²) in [6, 6.07) is 0. The molecule has 0 aliphatic carbocycles. The number of allylic oxidation sites excluding steroid dienone is 12. The van der Waals surface area contributed by atoms with Crippen molar-refractivity contribution in [3.8, 4) is 0 Å². The minimum atomic E-state index is -4.39. The molecule has 1 N–H and O–H groups in total. The fraction of sp³-hybridized carbons (Fsp3) is 0.797. The molecule has 9 nitrogen and oxygen atoms in total. The molecule has 0 amide bonds. The van der Waals surface area contributed by atoms with Gasteiger partial charge in [0.1, 0.15) is 19.8 Å². The van der Waals surface area contributed by atoms with E-state index in [2.05, 4.69) is 86.8 Å². The van der Waals surface area contributed by atoms with Crippen LogP contribution < -0.4 is 0 Å². The minimum absolute atomic E-state index is 0.0329. The van der Waals surface area contributed by atoms with Gasteiger partial charge in [0.05, 0.1) is 27.7 Å². The van der Waals surface area contributed by atoms with E-state index in [0.717, 1.165) is 70.6 Å². The number of quaternary nitrogens is 1. The van der Waals surface area contributed by atoms with Gasteiger partial charge in [-0.05, 0) is 64.2 Å². The number of carbonyl (C=O) groups is 2. The van der Waals surface area contributed by atoms with Gasteiger partial charge in [0.15, 0.2) is 6.10 Å². The van der Waals surface area contributed by atoms with Crippen molar-refractivity contribution in [1.29, 1.82) is 0 Å². The van der Waals surface area contributed by atoms with Gasteiger partial charge in [0, 0.05) is 12.8 Å². The van der Waals surface area contributed by atoms with Crippen molar-refractivity contribution in [2.45, 2.75) is 309 Å². The third-order valence-corrected chi connectivity index (χ3v) is 15.5. The molecule has 0 fully saturated rings. The Morgan fingerprint density at radius 1 is 0.405 bits per heavy atom. The number of unbranched alkanes of at least 4 members (excludes halogenated alkanes) is 35. The number of phosphoric acid groups is 1. The summed E-state index contributed by atoms with van der Waals surface area (Å²) in [4.78, 5) is 35.8. The summed E-state index contributed by atoms with van der Waals surface area (Å²) in [7, 11) is 1.49. The normalized spacial score (nSPS) is 13.6. The second-order valence-corrected chi connectivity index (χ2v) is 24.9. The first-order valence-corrected chi connectivity index (χ1v) is 34.7. The number of hydrogen-bond acceptors (Lipinski definition) is 7. The second-order valence-electron chi connectivity index (χ2n) is 23.5. The van der Waals surface area contributed by atoms with Gasteiger partial charge in [0.2, 0.25) is 0 Å². The molecular formula is C69H127NO8P+. The lowest BCUT2D eigenvalue weighted by Gasteiger charge is -2.24. The highest BCUT2D eigenvalue weighted by Gasteiger charge is 2.27. The van der Waals surface area contributed by atoms with Crippen LogP contribution in [0.2, 0.25) is 0 Å². The van der Waals surface area contributed by atoms with Gasteiger partial charge in [-0.1, -0.05) is 299 Å². The number of ether oxygens (including phenoxy) is 2.